The Morgan fingerprint density at radius 1 is 1.45 bits per heavy atom. The first kappa shape index (κ1) is 12.9. The molecule has 11 heavy (non-hydrogen) atoms. The molecule has 3 nitrogen and oxygen atoms in total. The largest absolute Gasteiger partial charge is 0.670 e. The highest BCUT2D eigenvalue weighted by Crippen LogP contribution is 2.12. The predicted molar refractivity (Wildman–Crippen MR) is 35.0 cm³/mol. The molecule has 0 spiro atoms. The summed E-state index contributed by atoms with van der Waals surface area (Å²) in [6, 6.07) is 0. The van der Waals surface area contributed by atoms with Crippen molar-refractivity contribution in [1.29, 1.82) is 0 Å². The summed E-state index contributed by atoms with van der Waals surface area (Å²) in [6.07, 6.45) is -3.54. The number of carbonyl (C=O) groups excluding carboxylic acids is 1. The fourth-order valence-electron chi connectivity index (χ4n) is 0. The molecule has 6 heteroatoms. The van der Waals surface area contributed by atoms with Crippen molar-refractivity contribution in [2.24, 2.45) is 0 Å². The van der Waals surface area contributed by atoms with E-state index in [1.54, 1.807) is 14.1 Å². The van der Waals surface area contributed by atoms with Gasteiger partial charge in [-0.1, -0.05) is 6.54 Å². The monoisotopic (exact) mass is 171 g/mol. The molecule has 0 atom stereocenters. The van der Waals surface area contributed by atoms with E-state index in [4.69, 9.17) is 5.73 Å². The van der Waals surface area contributed by atoms with E-state index in [2.05, 4.69) is 0 Å². The molecule has 0 rings (SSSR count). The van der Waals surface area contributed by atoms with Gasteiger partial charge in [-0.15, -0.1) is 0 Å². The van der Waals surface area contributed by atoms with Crippen molar-refractivity contribution in [2.45, 2.75) is 6.18 Å². The SMILES string of the molecule is CN(C)C=O.[NH-]CC(F)(F)F. The topological polar surface area (TPSA) is 44.1 Å². The van der Waals surface area contributed by atoms with E-state index in [1.807, 2.05) is 0 Å². The van der Waals surface area contributed by atoms with Crippen molar-refractivity contribution >= 4 is 6.41 Å². The summed E-state index contributed by atoms with van der Waals surface area (Å²) in [6.45, 7) is -1.48. The third-order valence-electron chi connectivity index (χ3n) is 0.411. The summed E-state index contributed by atoms with van der Waals surface area (Å²) < 4.78 is 31.8. The van der Waals surface area contributed by atoms with Gasteiger partial charge in [0.25, 0.3) is 0 Å². The van der Waals surface area contributed by atoms with E-state index in [1.165, 1.54) is 4.90 Å². The van der Waals surface area contributed by atoms with E-state index in [0.29, 0.717) is 0 Å². The van der Waals surface area contributed by atoms with Crippen molar-refractivity contribution in [3.05, 3.63) is 5.73 Å². The van der Waals surface area contributed by atoms with Crippen molar-refractivity contribution < 1.29 is 18.0 Å². The molecular formula is C5H10F3N2O-. The van der Waals surface area contributed by atoms with Gasteiger partial charge in [0.05, 0.1) is 0 Å². The van der Waals surface area contributed by atoms with Gasteiger partial charge in [0, 0.05) is 14.1 Å². The number of halogens is 3. The van der Waals surface area contributed by atoms with Gasteiger partial charge >= 0.3 is 6.18 Å². The average Bonchev–Trinajstić information content (AvgIpc) is 1.88. The van der Waals surface area contributed by atoms with E-state index < -0.39 is 12.7 Å². The minimum Gasteiger partial charge on any atom is -0.670 e. The number of hydrogen-bond acceptors (Lipinski definition) is 1. The van der Waals surface area contributed by atoms with Crippen molar-refractivity contribution in [1.82, 2.24) is 4.90 Å². The minimum atomic E-state index is -4.29. The quantitative estimate of drug-likeness (QED) is 0.548. The number of nitrogens with zero attached hydrogens (tertiary/aromatic N) is 1. The molecule has 0 heterocycles. The number of alkyl halides is 3. The van der Waals surface area contributed by atoms with Crippen molar-refractivity contribution in [3.8, 4) is 0 Å². The van der Waals surface area contributed by atoms with E-state index in [0.717, 1.165) is 6.41 Å². The Balaban J connectivity index is 0. The molecule has 1 amide bonds. The molecule has 0 aromatic rings. The van der Waals surface area contributed by atoms with Crippen molar-refractivity contribution in [2.75, 3.05) is 20.6 Å². The number of rotatable bonds is 1. The predicted octanol–water partition coefficient (Wildman–Crippen LogP) is 1.31. The highest BCUT2D eigenvalue weighted by atomic mass is 19.4. The van der Waals surface area contributed by atoms with Gasteiger partial charge in [-0.2, -0.15) is 13.2 Å². The van der Waals surface area contributed by atoms with Gasteiger partial charge in [-0.25, -0.2) is 0 Å². The summed E-state index contributed by atoms with van der Waals surface area (Å²) in [4.78, 5) is 10.9. The molecule has 0 aromatic carbocycles. The van der Waals surface area contributed by atoms with Crippen LogP contribution in [0.2, 0.25) is 0 Å². The Morgan fingerprint density at radius 2 is 1.64 bits per heavy atom. The number of carbonyl (C=O) groups is 1. The van der Waals surface area contributed by atoms with Crippen LogP contribution in [-0.4, -0.2) is 38.1 Å². The molecule has 0 bridgehead atoms. The van der Waals surface area contributed by atoms with Gasteiger partial charge in [0.15, 0.2) is 0 Å². The van der Waals surface area contributed by atoms with Crippen LogP contribution in [0.15, 0.2) is 0 Å². The molecule has 0 radical (unpaired) electrons. The third-order valence-corrected chi connectivity index (χ3v) is 0.411. The van der Waals surface area contributed by atoms with E-state index >= 15 is 0 Å². The van der Waals surface area contributed by atoms with Gasteiger partial charge < -0.3 is 10.6 Å². The minimum absolute atomic E-state index is 0.750. The molecule has 68 valence electrons. The smallest absolute Gasteiger partial charge is 0.370 e. The number of nitrogens with one attached hydrogen (secondary N) is 1. The van der Waals surface area contributed by atoms with Gasteiger partial charge in [0.2, 0.25) is 6.41 Å². The Kier molecular flexibility index (Phi) is 6.97. The maximum Gasteiger partial charge on any atom is 0.370 e. The van der Waals surface area contributed by atoms with Crippen LogP contribution in [-0.2, 0) is 4.79 Å². The highest BCUT2D eigenvalue weighted by molar-refractivity contribution is 5.45. The molecule has 0 aliphatic rings. The molecular weight excluding hydrogens is 161 g/mol. The Bertz CT molecular complexity index is 102. The van der Waals surface area contributed by atoms with Crippen LogP contribution in [0.1, 0.15) is 0 Å². The van der Waals surface area contributed by atoms with Crippen LogP contribution in [0.5, 0.6) is 0 Å². The van der Waals surface area contributed by atoms with E-state index in [-0.39, 0.29) is 0 Å². The molecule has 0 unspecified atom stereocenters. The van der Waals surface area contributed by atoms with E-state index in [9.17, 15) is 18.0 Å². The standard InChI is InChI=1S/C3H7NO.C2H3F3N/c1-4(2)3-5;3-2(4,5)1-6/h3H,1-2H3;6H,1H2/q;-1. The molecule has 0 fully saturated rings. The number of hydrogen-bond donors (Lipinski definition) is 0. The zero-order chi connectivity index (χ0) is 9.49. The van der Waals surface area contributed by atoms with Crippen molar-refractivity contribution in [3.63, 3.8) is 0 Å². The molecule has 0 saturated carbocycles. The Labute approximate surface area is 63.0 Å². The lowest BCUT2D eigenvalue weighted by atomic mass is 10.7. The summed E-state index contributed by atoms with van der Waals surface area (Å²) in [5.74, 6) is 0. The first-order valence-electron chi connectivity index (χ1n) is 2.66. The fraction of sp³-hybridized carbons (Fsp3) is 0.800. The van der Waals surface area contributed by atoms with Gasteiger partial charge in [-0.05, 0) is 0 Å². The van der Waals surface area contributed by atoms with Gasteiger partial charge in [-0.3, -0.25) is 4.79 Å². The van der Waals surface area contributed by atoms with Crippen LogP contribution < -0.4 is 0 Å². The summed E-state index contributed by atoms with van der Waals surface area (Å²) >= 11 is 0. The zero-order valence-corrected chi connectivity index (χ0v) is 6.27. The van der Waals surface area contributed by atoms with Gasteiger partial charge in [0.1, 0.15) is 0 Å². The molecule has 0 saturated heterocycles. The Hall–Kier alpha value is -0.780. The third kappa shape index (κ3) is 27.0. The second-order valence-electron chi connectivity index (χ2n) is 1.86. The van der Waals surface area contributed by atoms with Crippen LogP contribution >= 0.6 is 0 Å². The Morgan fingerprint density at radius 3 is 1.64 bits per heavy atom. The lowest BCUT2D eigenvalue weighted by Gasteiger charge is -2.04. The highest BCUT2D eigenvalue weighted by Gasteiger charge is 2.18. The summed E-state index contributed by atoms with van der Waals surface area (Å²) in [7, 11) is 3.38. The van der Waals surface area contributed by atoms with Crippen LogP contribution in [0, 0.1) is 0 Å². The first-order chi connectivity index (χ1) is 4.83. The fourth-order valence-corrected chi connectivity index (χ4v) is 0. The zero-order valence-electron chi connectivity index (χ0n) is 6.27. The lowest BCUT2D eigenvalue weighted by Crippen LogP contribution is -2.08. The second kappa shape index (κ2) is 5.96. The van der Waals surface area contributed by atoms with Crippen LogP contribution in [0.4, 0.5) is 13.2 Å². The summed E-state index contributed by atoms with van der Waals surface area (Å²) in [5.41, 5.74) is 5.73. The van der Waals surface area contributed by atoms with Crippen LogP contribution in [0.25, 0.3) is 5.73 Å². The molecule has 0 aliphatic carbocycles. The first-order valence-corrected chi connectivity index (χ1v) is 2.66. The maximum atomic E-state index is 10.6. The normalized spacial score (nSPS) is 9.64. The molecule has 1 N–H and O–H groups in total. The van der Waals surface area contributed by atoms with Crippen LogP contribution in [0.3, 0.4) is 0 Å². The average molecular weight is 171 g/mol. The molecule has 0 aliphatic heterocycles. The molecule has 0 aromatic heterocycles. The lowest BCUT2D eigenvalue weighted by molar-refractivity contribution is -0.116. The second-order valence-corrected chi connectivity index (χ2v) is 1.86. The summed E-state index contributed by atoms with van der Waals surface area (Å²) in [5, 5.41) is 0. The maximum absolute atomic E-state index is 10.6. The number of amides is 1.